The Balaban J connectivity index is 1.89. The van der Waals surface area contributed by atoms with Gasteiger partial charge in [-0.3, -0.25) is 4.90 Å². The van der Waals surface area contributed by atoms with Gasteiger partial charge in [-0.1, -0.05) is 30.3 Å². The van der Waals surface area contributed by atoms with Gasteiger partial charge in [0.25, 0.3) is 0 Å². The van der Waals surface area contributed by atoms with E-state index in [0.717, 1.165) is 13.1 Å². The number of alkyl halides is 1. The van der Waals surface area contributed by atoms with Crippen molar-refractivity contribution >= 4 is 0 Å². The van der Waals surface area contributed by atoms with E-state index in [0.29, 0.717) is 13.2 Å². The van der Waals surface area contributed by atoms with Crippen molar-refractivity contribution in [1.29, 1.82) is 0 Å². The van der Waals surface area contributed by atoms with E-state index in [4.69, 9.17) is 4.74 Å². The minimum atomic E-state index is -0.384. The topological polar surface area (TPSA) is 12.5 Å². The van der Waals surface area contributed by atoms with E-state index in [2.05, 4.69) is 17.0 Å². The molecule has 1 aliphatic heterocycles. The van der Waals surface area contributed by atoms with Crippen LogP contribution in [0.2, 0.25) is 0 Å². The van der Waals surface area contributed by atoms with E-state index < -0.39 is 0 Å². The fourth-order valence-corrected chi connectivity index (χ4v) is 1.86. The summed E-state index contributed by atoms with van der Waals surface area (Å²) < 4.78 is 17.7. The molecule has 3 heteroatoms. The third kappa shape index (κ3) is 3.01. The van der Waals surface area contributed by atoms with Gasteiger partial charge in [0, 0.05) is 19.6 Å². The number of hydrogen-bond donors (Lipinski definition) is 0. The molecule has 1 atom stereocenters. The molecule has 1 fully saturated rings. The maximum Gasteiger partial charge on any atom is 0.117 e. The molecule has 15 heavy (non-hydrogen) atoms. The van der Waals surface area contributed by atoms with Crippen molar-refractivity contribution in [1.82, 2.24) is 4.90 Å². The van der Waals surface area contributed by atoms with E-state index >= 15 is 0 Å². The molecule has 1 aromatic carbocycles. The van der Waals surface area contributed by atoms with Crippen molar-refractivity contribution in [2.24, 2.45) is 0 Å². The summed E-state index contributed by atoms with van der Waals surface area (Å²) in [6.45, 7) is 2.74. The van der Waals surface area contributed by atoms with Crippen molar-refractivity contribution in [3.63, 3.8) is 0 Å². The number of benzene rings is 1. The van der Waals surface area contributed by atoms with E-state index in [9.17, 15) is 4.39 Å². The van der Waals surface area contributed by atoms with Crippen LogP contribution in [0.15, 0.2) is 30.3 Å². The number of ether oxygens (including phenoxy) is 1. The smallest absolute Gasteiger partial charge is 0.117 e. The maximum absolute atomic E-state index is 12.4. The SMILES string of the molecule is FC[C@@H]1CN(Cc2ccccc2)CCO1. The Morgan fingerprint density at radius 2 is 2.13 bits per heavy atom. The van der Waals surface area contributed by atoms with E-state index in [1.165, 1.54) is 5.56 Å². The van der Waals surface area contributed by atoms with E-state index in [1.54, 1.807) is 0 Å². The number of rotatable bonds is 3. The average Bonchev–Trinajstić information content (AvgIpc) is 2.31. The molecule has 0 saturated carbocycles. The van der Waals surface area contributed by atoms with Crippen molar-refractivity contribution in [3.05, 3.63) is 35.9 Å². The summed E-state index contributed by atoms with van der Waals surface area (Å²) in [6.07, 6.45) is -0.234. The molecule has 0 N–H and O–H groups in total. The van der Waals surface area contributed by atoms with Crippen LogP contribution in [0, 0.1) is 0 Å². The summed E-state index contributed by atoms with van der Waals surface area (Å²) in [5.41, 5.74) is 1.28. The third-order valence-corrected chi connectivity index (χ3v) is 2.64. The molecule has 1 heterocycles. The molecule has 82 valence electrons. The van der Waals surface area contributed by atoms with Gasteiger partial charge >= 0.3 is 0 Å². The van der Waals surface area contributed by atoms with E-state index in [1.807, 2.05) is 18.2 Å². The van der Waals surface area contributed by atoms with Crippen LogP contribution in [-0.4, -0.2) is 37.4 Å². The predicted molar refractivity (Wildman–Crippen MR) is 57.4 cm³/mol. The van der Waals surface area contributed by atoms with Crippen molar-refractivity contribution in [2.75, 3.05) is 26.4 Å². The van der Waals surface area contributed by atoms with Crippen molar-refractivity contribution in [3.8, 4) is 0 Å². The summed E-state index contributed by atoms with van der Waals surface area (Å²) in [6, 6.07) is 10.3. The maximum atomic E-state index is 12.4. The zero-order valence-corrected chi connectivity index (χ0v) is 8.73. The van der Waals surface area contributed by atoms with Crippen LogP contribution in [-0.2, 0) is 11.3 Å². The van der Waals surface area contributed by atoms with Crippen LogP contribution < -0.4 is 0 Å². The van der Waals surface area contributed by atoms with Crippen molar-refractivity contribution in [2.45, 2.75) is 12.6 Å². The first-order valence-corrected chi connectivity index (χ1v) is 5.32. The molecule has 0 unspecified atom stereocenters. The molecule has 1 aromatic rings. The largest absolute Gasteiger partial charge is 0.373 e. The van der Waals surface area contributed by atoms with Gasteiger partial charge < -0.3 is 4.74 Å². The van der Waals surface area contributed by atoms with Gasteiger partial charge in [-0.15, -0.1) is 0 Å². The Bertz CT molecular complexity index is 291. The predicted octanol–water partition coefficient (Wildman–Crippen LogP) is 1.86. The number of halogens is 1. The summed E-state index contributed by atoms with van der Waals surface area (Å²) in [5, 5.41) is 0. The molecular formula is C12H16FNO. The Hall–Kier alpha value is -0.930. The van der Waals surface area contributed by atoms with Gasteiger partial charge in [0.2, 0.25) is 0 Å². The van der Waals surface area contributed by atoms with E-state index in [-0.39, 0.29) is 12.8 Å². The molecular weight excluding hydrogens is 193 g/mol. The standard InChI is InChI=1S/C12H16FNO/c13-8-12-10-14(6-7-15-12)9-11-4-2-1-3-5-11/h1-5,12H,6-10H2/t12-/m1/s1. The zero-order valence-electron chi connectivity index (χ0n) is 8.73. The first-order valence-electron chi connectivity index (χ1n) is 5.32. The van der Waals surface area contributed by atoms with Crippen molar-refractivity contribution < 1.29 is 9.13 Å². The Kier molecular flexibility index (Phi) is 3.69. The highest BCUT2D eigenvalue weighted by Gasteiger charge is 2.19. The van der Waals surface area contributed by atoms with Crippen LogP contribution in [0.3, 0.4) is 0 Å². The Morgan fingerprint density at radius 3 is 2.87 bits per heavy atom. The highest BCUT2D eigenvalue weighted by Crippen LogP contribution is 2.10. The van der Waals surface area contributed by atoms with Gasteiger partial charge in [-0.25, -0.2) is 4.39 Å². The lowest BCUT2D eigenvalue weighted by molar-refractivity contribution is -0.0412. The summed E-state index contributed by atoms with van der Waals surface area (Å²) >= 11 is 0. The van der Waals surface area contributed by atoms with Crippen LogP contribution in [0.1, 0.15) is 5.56 Å². The summed E-state index contributed by atoms with van der Waals surface area (Å²) in [4.78, 5) is 2.24. The lowest BCUT2D eigenvalue weighted by Gasteiger charge is -2.31. The number of nitrogens with zero attached hydrogens (tertiary/aromatic N) is 1. The fourth-order valence-electron chi connectivity index (χ4n) is 1.86. The minimum absolute atomic E-state index is 0.234. The fraction of sp³-hybridized carbons (Fsp3) is 0.500. The van der Waals surface area contributed by atoms with Crippen LogP contribution in [0.4, 0.5) is 4.39 Å². The Labute approximate surface area is 89.7 Å². The minimum Gasteiger partial charge on any atom is -0.373 e. The first-order chi connectivity index (χ1) is 7.38. The molecule has 2 rings (SSSR count). The van der Waals surface area contributed by atoms with Gasteiger partial charge in [0.1, 0.15) is 6.67 Å². The highest BCUT2D eigenvalue weighted by molar-refractivity contribution is 5.14. The quantitative estimate of drug-likeness (QED) is 0.753. The molecule has 0 radical (unpaired) electrons. The molecule has 2 nitrogen and oxygen atoms in total. The van der Waals surface area contributed by atoms with Gasteiger partial charge in [-0.05, 0) is 5.56 Å². The second-order valence-corrected chi connectivity index (χ2v) is 3.87. The Morgan fingerprint density at radius 1 is 1.33 bits per heavy atom. The first kappa shape index (κ1) is 10.6. The highest BCUT2D eigenvalue weighted by atomic mass is 19.1. The zero-order chi connectivity index (χ0) is 10.5. The lowest BCUT2D eigenvalue weighted by Crippen LogP contribution is -2.42. The second-order valence-electron chi connectivity index (χ2n) is 3.87. The van der Waals surface area contributed by atoms with Crippen LogP contribution in [0.25, 0.3) is 0 Å². The molecule has 1 aliphatic rings. The summed E-state index contributed by atoms with van der Waals surface area (Å²) in [5.74, 6) is 0. The molecule has 0 bridgehead atoms. The van der Waals surface area contributed by atoms with Gasteiger partial charge in [0.15, 0.2) is 0 Å². The summed E-state index contributed by atoms with van der Waals surface area (Å²) in [7, 11) is 0. The monoisotopic (exact) mass is 209 g/mol. The second kappa shape index (κ2) is 5.24. The molecule has 1 saturated heterocycles. The molecule has 0 amide bonds. The number of morpholine rings is 1. The molecule has 0 aromatic heterocycles. The molecule has 0 aliphatic carbocycles. The normalized spacial score (nSPS) is 22.9. The number of hydrogen-bond acceptors (Lipinski definition) is 2. The average molecular weight is 209 g/mol. The van der Waals surface area contributed by atoms with Crippen LogP contribution >= 0.6 is 0 Å². The third-order valence-electron chi connectivity index (χ3n) is 2.64. The van der Waals surface area contributed by atoms with Gasteiger partial charge in [-0.2, -0.15) is 0 Å². The lowest BCUT2D eigenvalue weighted by atomic mass is 10.2. The van der Waals surface area contributed by atoms with Crippen LogP contribution in [0.5, 0.6) is 0 Å². The molecule has 0 spiro atoms. The van der Waals surface area contributed by atoms with Gasteiger partial charge in [0.05, 0.1) is 12.7 Å².